The highest BCUT2D eigenvalue weighted by atomic mass is 14.6. The van der Waals surface area contributed by atoms with Crippen LogP contribution < -0.4 is 11.5 Å². The standard InChI is InChI=1S/C7H8.C6H8N2/c1-7-5-3-2-4-6-7;7-5-1-2-6(8)4-3-5/h2-6H,1H3;1-4H,7-8H2. The van der Waals surface area contributed by atoms with Crippen LogP contribution in [0.15, 0.2) is 54.6 Å². The van der Waals surface area contributed by atoms with Gasteiger partial charge in [-0.05, 0) is 31.2 Å². The minimum Gasteiger partial charge on any atom is -0.399 e. The molecule has 0 bridgehead atoms. The van der Waals surface area contributed by atoms with Gasteiger partial charge in [-0.25, -0.2) is 0 Å². The number of rotatable bonds is 0. The fourth-order valence-corrected chi connectivity index (χ4v) is 1.03. The van der Waals surface area contributed by atoms with Gasteiger partial charge in [0.05, 0.1) is 0 Å². The topological polar surface area (TPSA) is 52.0 Å². The first-order chi connectivity index (χ1) is 7.18. The van der Waals surface area contributed by atoms with Gasteiger partial charge in [-0.15, -0.1) is 0 Å². The van der Waals surface area contributed by atoms with Gasteiger partial charge in [0, 0.05) is 11.4 Å². The molecule has 0 saturated heterocycles. The zero-order chi connectivity index (χ0) is 11.1. The van der Waals surface area contributed by atoms with Crippen LogP contribution in [0.5, 0.6) is 0 Å². The summed E-state index contributed by atoms with van der Waals surface area (Å²) in [7, 11) is 0. The SMILES string of the molecule is Cc1ccccc1.Nc1ccc(N)cc1. The molecule has 0 aliphatic rings. The second kappa shape index (κ2) is 5.70. The maximum absolute atomic E-state index is 5.37. The van der Waals surface area contributed by atoms with Crippen molar-refractivity contribution in [3.63, 3.8) is 0 Å². The van der Waals surface area contributed by atoms with Gasteiger partial charge in [0.2, 0.25) is 0 Å². The van der Waals surface area contributed by atoms with Crippen LogP contribution in [0, 0.1) is 6.92 Å². The molecule has 4 N–H and O–H groups in total. The predicted molar refractivity (Wildman–Crippen MR) is 66.4 cm³/mol. The number of anilines is 2. The van der Waals surface area contributed by atoms with Gasteiger partial charge < -0.3 is 11.5 Å². The molecule has 2 heteroatoms. The summed E-state index contributed by atoms with van der Waals surface area (Å²) in [5.74, 6) is 0. The second-order valence-corrected chi connectivity index (χ2v) is 3.32. The van der Waals surface area contributed by atoms with Crippen molar-refractivity contribution in [2.24, 2.45) is 0 Å². The normalized spacial score (nSPS) is 8.87. The van der Waals surface area contributed by atoms with Crippen LogP contribution in [0.1, 0.15) is 5.56 Å². The molecular weight excluding hydrogens is 184 g/mol. The lowest BCUT2D eigenvalue weighted by molar-refractivity contribution is 1.48. The molecule has 0 amide bonds. The van der Waals surface area contributed by atoms with Crippen LogP contribution in [0.25, 0.3) is 0 Å². The maximum atomic E-state index is 5.37. The van der Waals surface area contributed by atoms with Crippen molar-refractivity contribution in [3.8, 4) is 0 Å². The first-order valence-electron chi connectivity index (χ1n) is 4.81. The minimum atomic E-state index is 0.749. The Morgan fingerprint density at radius 3 is 1.33 bits per heavy atom. The van der Waals surface area contributed by atoms with Crippen LogP contribution in [0.4, 0.5) is 11.4 Å². The number of aryl methyl sites for hydroxylation is 1. The molecule has 0 aliphatic heterocycles. The molecule has 0 aromatic heterocycles. The average Bonchev–Trinajstić information content (AvgIpc) is 2.25. The number of nitrogens with two attached hydrogens (primary N) is 2. The Balaban J connectivity index is 0.000000151. The first-order valence-corrected chi connectivity index (χ1v) is 4.81. The minimum absolute atomic E-state index is 0.749. The molecule has 0 spiro atoms. The van der Waals surface area contributed by atoms with Gasteiger partial charge >= 0.3 is 0 Å². The lowest BCUT2D eigenvalue weighted by Crippen LogP contribution is -1.86. The van der Waals surface area contributed by atoms with Crippen LogP contribution in [-0.2, 0) is 0 Å². The third-order valence-electron chi connectivity index (χ3n) is 1.88. The van der Waals surface area contributed by atoms with Crippen molar-refractivity contribution in [1.29, 1.82) is 0 Å². The van der Waals surface area contributed by atoms with Crippen molar-refractivity contribution in [2.45, 2.75) is 6.92 Å². The molecule has 2 aromatic rings. The summed E-state index contributed by atoms with van der Waals surface area (Å²) in [5.41, 5.74) is 13.6. The van der Waals surface area contributed by atoms with Crippen molar-refractivity contribution < 1.29 is 0 Å². The number of hydrogen-bond donors (Lipinski definition) is 2. The summed E-state index contributed by atoms with van der Waals surface area (Å²) in [6.07, 6.45) is 0. The van der Waals surface area contributed by atoms with E-state index in [1.165, 1.54) is 5.56 Å². The van der Waals surface area contributed by atoms with E-state index in [2.05, 4.69) is 19.1 Å². The first kappa shape index (κ1) is 11.1. The van der Waals surface area contributed by atoms with E-state index in [1.54, 1.807) is 24.3 Å². The molecule has 0 saturated carbocycles. The Bertz CT molecular complexity index is 358. The fraction of sp³-hybridized carbons (Fsp3) is 0.0769. The van der Waals surface area contributed by atoms with E-state index in [0.29, 0.717) is 0 Å². The van der Waals surface area contributed by atoms with Gasteiger partial charge in [0.15, 0.2) is 0 Å². The van der Waals surface area contributed by atoms with E-state index in [-0.39, 0.29) is 0 Å². The molecule has 15 heavy (non-hydrogen) atoms. The van der Waals surface area contributed by atoms with Crippen molar-refractivity contribution >= 4 is 11.4 Å². The quantitative estimate of drug-likeness (QED) is 0.642. The van der Waals surface area contributed by atoms with E-state index in [4.69, 9.17) is 11.5 Å². The third kappa shape index (κ3) is 4.72. The van der Waals surface area contributed by atoms with E-state index in [9.17, 15) is 0 Å². The highest BCUT2D eigenvalue weighted by Crippen LogP contribution is 2.04. The summed E-state index contributed by atoms with van der Waals surface area (Å²) in [6, 6.07) is 17.4. The van der Waals surface area contributed by atoms with Crippen LogP contribution in [0.3, 0.4) is 0 Å². The summed E-state index contributed by atoms with van der Waals surface area (Å²) >= 11 is 0. The Morgan fingerprint density at radius 2 is 1.07 bits per heavy atom. The lowest BCUT2D eigenvalue weighted by Gasteiger charge is -1.90. The molecule has 0 fully saturated rings. The molecule has 2 nitrogen and oxygen atoms in total. The Kier molecular flexibility index (Phi) is 4.23. The Labute approximate surface area is 90.5 Å². The maximum Gasteiger partial charge on any atom is 0.0315 e. The highest BCUT2D eigenvalue weighted by molar-refractivity contribution is 5.47. The summed E-state index contributed by atoms with van der Waals surface area (Å²) in [4.78, 5) is 0. The molecule has 0 aliphatic carbocycles. The molecule has 0 heterocycles. The third-order valence-corrected chi connectivity index (χ3v) is 1.88. The van der Waals surface area contributed by atoms with E-state index >= 15 is 0 Å². The second-order valence-electron chi connectivity index (χ2n) is 3.32. The van der Waals surface area contributed by atoms with E-state index in [0.717, 1.165) is 11.4 Å². The van der Waals surface area contributed by atoms with Crippen molar-refractivity contribution in [2.75, 3.05) is 11.5 Å². The van der Waals surface area contributed by atoms with Gasteiger partial charge in [-0.1, -0.05) is 35.9 Å². The van der Waals surface area contributed by atoms with Crippen LogP contribution >= 0.6 is 0 Å². The zero-order valence-corrected chi connectivity index (χ0v) is 8.85. The molecule has 2 rings (SSSR count). The smallest absolute Gasteiger partial charge is 0.0315 e. The molecule has 2 aromatic carbocycles. The Morgan fingerprint density at radius 1 is 0.667 bits per heavy atom. The fourth-order valence-electron chi connectivity index (χ4n) is 1.03. The number of hydrogen-bond acceptors (Lipinski definition) is 2. The average molecular weight is 200 g/mol. The van der Waals surface area contributed by atoms with E-state index < -0.39 is 0 Å². The summed E-state index contributed by atoms with van der Waals surface area (Å²) in [5, 5.41) is 0. The monoisotopic (exact) mass is 200 g/mol. The van der Waals surface area contributed by atoms with Gasteiger partial charge in [-0.2, -0.15) is 0 Å². The Hall–Kier alpha value is -1.96. The largest absolute Gasteiger partial charge is 0.399 e. The molecular formula is C13H16N2. The molecule has 0 unspecified atom stereocenters. The summed E-state index contributed by atoms with van der Waals surface area (Å²) < 4.78 is 0. The number of nitrogen functional groups attached to an aromatic ring is 2. The van der Waals surface area contributed by atoms with Crippen LogP contribution in [-0.4, -0.2) is 0 Å². The number of benzene rings is 2. The van der Waals surface area contributed by atoms with Crippen LogP contribution in [0.2, 0.25) is 0 Å². The lowest BCUT2D eigenvalue weighted by atomic mass is 10.2. The summed E-state index contributed by atoms with van der Waals surface area (Å²) in [6.45, 7) is 2.08. The van der Waals surface area contributed by atoms with E-state index in [1.807, 2.05) is 18.2 Å². The van der Waals surface area contributed by atoms with Gasteiger partial charge in [0.25, 0.3) is 0 Å². The van der Waals surface area contributed by atoms with Gasteiger partial charge in [0.1, 0.15) is 0 Å². The molecule has 0 atom stereocenters. The molecule has 78 valence electrons. The zero-order valence-electron chi connectivity index (χ0n) is 8.85. The van der Waals surface area contributed by atoms with Gasteiger partial charge in [-0.3, -0.25) is 0 Å². The van der Waals surface area contributed by atoms with Crippen molar-refractivity contribution in [3.05, 3.63) is 60.2 Å². The predicted octanol–water partition coefficient (Wildman–Crippen LogP) is 2.85. The van der Waals surface area contributed by atoms with Crippen molar-refractivity contribution in [1.82, 2.24) is 0 Å². The highest BCUT2D eigenvalue weighted by Gasteiger charge is 1.80. The molecule has 0 radical (unpaired) electrons.